The van der Waals surface area contributed by atoms with Gasteiger partial charge >= 0.3 is 0 Å². The van der Waals surface area contributed by atoms with Crippen LogP contribution in [0.4, 0.5) is 0 Å². The largest absolute Gasteiger partial charge is 0.494 e. The van der Waals surface area contributed by atoms with Crippen molar-refractivity contribution in [3.8, 4) is 17.2 Å². The number of hydrogen-bond acceptors (Lipinski definition) is 5. The first-order valence-electron chi connectivity index (χ1n) is 8.95. The van der Waals surface area contributed by atoms with Crippen molar-refractivity contribution in [2.24, 2.45) is 0 Å². The first-order valence-corrected chi connectivity index (χ1v) is 8.95. The van der Waals surface area contributed by atoms with Crippen LogP contribution in [0.3, 0.4) is 0 Å². The van der Waals surface area contributed by atoms with Crippen molar-refractivity contribution in [2.75, 3.05) is 20.8 Å². The summed E-state index contributed by atoms with van der Waals surface area (Å²) in [6, 6.07) is 16.1. The van der Waals surface area contributed by atoms with Gasteiger partial charge < -0.3 is 23.9 Å². The molecule has 0 aliphatic rings. The molecule has 0 aliphatic carbocycles. The van der Waals surface area contributed by atoms with E-state index in [1.54, 1.807) is 26.4 Å². The number of rotatable bonds is 8. The minimum Gasteiger partial charge on any atom is -0.494 e. The second kappa shape index (κ2) is 8.99. The van der Waals surface area contributed by atoms with Gasteiger partial charge in [0.1, 0.15) is 5.75 Å². The maximum atomic E-state index is 12.6. The number of carbonyl (C=O) groups excluding carboxylic acids is 1. The van der Waals surface area contributed by atoms with Gasteiger partial charge in [0.25, 0.3) is 5.91 Å². The number of carbonyl (C=O) groups is 1. The summed E-state index contributed by atoms with van der Waals surface area (Å²) in [4.78, 5) is 12.6. The van der Waals surface area contributed by atoms with Crippen molar-refractivity contribution in [2.45, 2.75) is 13.0 Å². The van der Waals surface area contributed by atoms with Gasteiger partial charge in [0, 0.05) is 0 Å². The summed E-state index contributed by atoms with van der Waals surface area (Å²) >= 11 is 0. The molecule has 0 saturated carbocycles. The third-order valence-corrected chi connectivity index (χ3v) is 4.29. The molecule has 6 nitrogen and oxygen atoms in total. The third-order valence-electron chi connectivity index (χ3n) is 4.29. The Hall–Kier alpha value is -3.41. The molecule has 0 aliphatic heterocycles. The van der Waals surface area contributed by atoms with Crippen LogP contribution in [0, 0.1) is 0 Å². The summed E-state index contributed by atoms with van der Waals surface area (Å²) < 4.78 is 21.5. The van der Waals surface area contributed by atoms with E-state index in [0.717, 1.165) is 16.9 Å². The summed E-state index contributed by atoms with van der Waals surface area (Å²) in [6.07, 6.45) is 1.47. The number of benzene rings is 2. The zero-order valence-corrected chi connectivity index (χ0v) is 16.1. The summed E-state index contributed by atoms with van der Waals surface area (Å²) in [5.41, 5.74) is 1.75. The normalized spacial score (nSPS) is 11.5. The predicted octanol–water partition coefficient (Wildman–Crippen LogP) is 4.21. The highest BCUT2D eigenvalue weighted by atomic mass is 16.5. The lowest BCUT2D eigenvalue weighted by molar-refractivity contribution is 0.0915. The van der Waals surface area contributed by atoms with Crippen molar-refractivity contribution in [1.82, 2.24) is 5.32 Å². The van der Waals surface area contributed by atoms with E-state index in [1.165, 1.54) is 6.26 Å². The Labute approximate surface area is 164 Å². The van der Waals surface area contributed by atoms with Crippen molar-refractivity contribution >= 4 is 5.91 Å². The average molecular weight is 381 g/mol. The fourth-order valence-corrected chi connectivity index (χ4v) is 2.92. The van der Waals surface area contributed by atoms with Gasteiger partial charge in [-0.2, -0.15) is 0 Å². The second-order valence-corrected chi connectivity index (χ2v) is 6.00. The van der Waals surface area contributed by atoms with Gasteiger partial charge in [0.15, 0.2) is 17.3 Å². The van der Waals surface area contributed by atoms with E-state index in [4.69, 9.17) is 18.6 Å². The van der Waals surface area contributed by atoms with Gasteiger partial charge in [-0.1, -0.05) is 18.2 Å². The molecule has 0 radical (unpaired) electrons. The van der Waals surface area contributed by atoms with Crippen LogP contribution in [0.25, 0.3) is 0 Å². The van der Waals surface area contributed by atoms with Crippen LogP contribution in [-0.4, -0.2) is 26.7 Å². The van der Waals surface area contributed by atoms with E-state index in [1.807, 2.05) is 49.4 Å². The van der Waals surface area contributed by atoms with Crippen LogP contribution in [0.5, 0.6) is 17.2 Å². The lowest BCUT2D eigenvalue weighted by atomic mass is 9.97. The molecule has 0 unspecified atom stereocenters. The molecule has 0 spiro atoms. The Bertz CT molecular complexity index is 903. The van der Waals surface area contributed by atoms with Crippen LogP contribution in [-0.2, 0) is 0 Å². The molecule has 6 heteroatoms. The van der Waals surface area contributed by atoms with E-state index in [-0.39, 0.29) is 11.7 Å². The topological polar surface area (TPSA) is 69.9 Å². The number of furan rings is 1. The lowest BCUT2D eigenvalue weighted by Gasteiger charge is -2.21. The zero-order valence-electron chi connectivity index (χ0n) is 16.1. The molecule has 146 valence electrons. The highest BCUT2D eigenvalue weighted by Gasteiger charge is 2.21. The van der Waals surface area contributed by atoms with Crippen molar-refractivity contribution in [3.63, 3.8) is 0 Å². The van der Waals surface area contributed by atoms with Crippen LogP contribution in [0.2, 0.25) is 0 Å². The SMILES string of the molecule is CCOc1ccc([C@@H](NC(=O)c2ccco2)c2ccc(OC)c(OC)c2)cc1. The van der Waals surface area contributed by atoms with E-state index in [0.29, 0.717) is 18.1 Å². The van der Waals surface area contributed by atoms with E-state index < -0.39 is 6.04 Å². The van der Waals surface area contributed by atoms with E-state index in [2.05, 4.69) is 5.32 Å². The smallest absolute Gasteiger partial charge is 0.287 e. The Morgan fingerprint density at radius 2 is 1.71 bits per heavy atom. The summed E-state index contributed by atoms with van der Waals surface area (Å²) in [6.45, 7) is 2.53. The summed E-state index contributed by atoms with van der Waals surface area (Å²) in [5, 5.41) is 3.02. The third kappa shape index (κ3) is 4.28. The quantitative estimate of drug-likeness (QED) is 0.633. The maximum Gasteiger partial charge on any atom is 0.287 e. The van der Waals surface area contributed by atoms with Crippen LogP contribution in [0.1, 0.15) is 34.6 Å². The van der Waals surface area contributed by atoms with Crippen molar-refractivity contribution in [1.29, 1.82) is 0 Å². The molecule has 1 amide bonds. The monoisotopic (exact) mass is 381 g/mol. The van der Waals surface area contributed by atoms with Gasteiger partial charge in [0.05, 0.1) is 33.1 Å². The Kier molecular flexibility index (Phi) is 6.22. The van der Waals surface area contributed by atoms with Gasteiger partial charge in [-0.05, 0) is 54.4 Å². The van der Waals surface area contributed by atoms with E-state index in [9.17, 15) is 4.79 Å². The molecular formula is C22H23NO5. The average Bonchev–Trinajstić information content (AvgIpc) is 3.27. The fraction of sp³-hybridized carbons (Fsp3) is 0.227. The first-order chi connectivity index (χ1) is 13.7. The van der Waals surface area contributed by atoms with Gasteiger partial charge in [-0.25, -0.2) is 0 Å². The molecule has 1 N–H and O–H groups in total. The molecular weight excluding hydrogens is 358 g/mol. The first kappa shape index (κ1) is 19.4. The minimum absolute atomic E-state index is 0.247. The lowest BCUT2D eigenvalue weighted by Crippen LogP contribution is -2.29. The zero-order chi connectivity index (χ0) is 19.9. The molecule has 3 rings (SSSR count). The molecule has 28 heavy (non-hydrogen) atoms. The molecule has 1 atom stereocenters. The number of methoxy groups -OCH3 is 2. The Morgan fingerprint density at radius 1 is 1.00 bits per heavy atom. The number of amides is 1. The summed E-state index contributed by atoms with van der Waals surface area (Å²) in [7, 11) is 3.16. The minimum atomic E-state index is -0.409. The van der Waals surface area contributed by atoms with Crippen LogP contribution >= 0.6 is 0 Å². The molecule has 3 aromatic rings. The van der Waals surface area contributed by atoms with Gasteiger partial charge in [0.2, 0.25) is 0 Å². The standard InChI is InChI=1S/C22H23NO5/c1-4-27-17-10-7-15(8-11-17)21(23-22(24)19-6-5-13-28-19)16-9-12-18(25-2)20(14-16)26-3/h5-14,21H,4H2,1-3H3,(H,23,24)/t21-/m1/s1. The van der Waals surface area contributed by atoms with Crippen LogP contribution < -0.4 is 19.5 Å². The van der Waals surface area contributed by atoms with E-state index >= 15 is 0 Å². The highest BCUT2D eigenvalue weighted by molar-refractivity contribution is 5.92. The highest BCUT2D eigenvalue weighted by Crippen LogP contribution is 2.33. The maximum absolute atomic E-state index is 12.6. The van der Waals surface area contributed by atoms with Crippen molar-refractivity contribution in [3.05, 3.63) is 77.7 Å². The molecule has 0 bridgehead atoms. The predicted molar refractivity (Wildman–Crippen MR) is 105 cm³/mol. The molecule has 1 aromatic heterocycles. The van der Waals surface area contributed by atoms with Gasteiger partial charge in [-0.3, -0.25) is 4.79 Å². The Balaban J connectivity index is 1.97. The number of ether oxygens (including phenoxy) is 3. The fourth-order valence-electron chi connectivity index (χ4n) is 2.92. The van der Waals surface area contributed by atoms with Gasteiger partial charge in [-0.15, -0.1) is 0 Å². The molecule has 0 saturated heterocycles. The Morgan fingerprint density at radius 3 is 2.32 bits per heavy atom. The second-order valence-electron chi connectivity index (χ2n) is 6.00. The number of nitrogens with one attached hydrogen (secondary N) is 1. The summed E-state index contributed by atoms with van der Waals surface area (Å²) in [5.74, 6) is 1.92. The molecule has 2 aromatic carbocycles. The van der Waals surface area contributed by atoms with Crippen LogP contribution in [0.15, 0.2) is 65.3 Å². The molecule has 0 fully saturated rings. The number of hydrogen-bond donors (Lipinski definition) is 1. The van der Waals surface area contributed by atoms with Crippen molar-refractivity contribution < 1.29 is 23.4 Å². The molecule has 1 heterocycles.